The van der Waals surface area contributed by atoms with Crippen LogP contribution < -0.4 is 0 Å². The van der Waals surface area contributed by atoms with E-state index in [1.165, 1.54) is 19.5 Å². The minimum Gasteiger partial charge on any atom is -0.376 e. The second-order valence-electron chi connectivity index (χ2n) is 4.28. The zero-order valence-electron chi connectivity index (χ0n) is 7.47. The molecular formula is C9H17NO. The molecule has 2 rings (SSSR count). The molecule has 0 N–H and O–H groups in total. The maximum atomic E-state index is 5.67. The highest BCUT2D eigenvalue weighted by molar-refractivity contribution is 4.92. The first kappa shape index (κ1) is 7.56. The van der Waals surface area contributed by atoms with Crippen molar-refractivity contribution < 1.29 is 4.74 Å². The molecule has 0 radical (unpaired) electrons. The first-order valence-electron chi connectivity index (χ1n) is 4.56. The van der Waals surface area contributed by atoms with Crippen LogP contribution in [0.4, 0.5) is 0 Å². The standard InChI is InChI=1S/C9H17NO/c1-3-10-5-8-4-9(2,6-10)7-11-8/h8H,3-7H2,1-2H3/t8?,9-/m1/s1. The maximum Gasteiger partial charge on any atom is 0.0708 e. The van der Waals surface area contributed by atoms with Gasteiger partial charge in [0.05, 0.1) is 12.7 Å². The summed E-state index contributed by atoms with van der Waals surface area (Å²) in [4.78, 5) is 2.50. The van der Waals surface area contributed by atoms with E-state index in [9.17, 15) is 0 Å². The van der Waals surface area contributed by atoms with Crippen LogP contribution in [0.25, 0.3) is 0 Å². The van der Waals surface area contributed by atoms with Gasteiger partial charge >= 0.3 is 0 Å². The quantitative estimate of drug-likeness (QED) is 0.562. The van der Waals surface area contributed by atoms with Crippen molar-refractivity contribution in [1.82, 2.24) is 4.90 Å². The molecule has 2 nitrogen and oxygen atoms in total. The molecule has 0 aromatic rings. The normalized spacial score (nSPS) is 44.7. The molecule has 2 fully saturated rings. The van der Waals surface area contributed by atoms with Crippen molar-refractivity contribution in [3.8, 4) is 0 Å². The number of piperidine rings is 1. The fourth-order valence-corrected chi connectivity index (χ4v) is 2.35. The lowest BCUT2D eigenvalue weighted by Gasteiger charge is -2.35. The smallest absolute Gasteiger partial charge is 0.0708 e. The summed E-state index contributed by atoms with van der Waals surface area (Å²) in [5.41, 5.74) is 0.471. The van der Waals surface area contributed by atoms with Crippen LogP contribution >= 0.6 is 0 Å². The topological polar surface area (TPSA) is 12.5 Å². The lowest BCUT2D eigenvalue weighted by Crippen LogP contribution is -2.43. The Morgan fingerprint density at radius 2 is 2.45 bits per heavy atom. The molecule has 0 aliphatic carbocycles. The highest BCUT2D eigenvalue weighted by Crippen LogP contribution is 2.37. The minimum absolute atomic E-state index is 0.471. The van der Waals surface area contributed by atoms with Gasteiger partial charge in [-0.05, 0) is 13.0 Å². The first-order chi connectivity index (χ1) is 5.22. The van der Waals surface area contributed by atoms with Gasteiger partial charge in [0.25, 0.3) is 0 Å². The third kappa shape index (κ3) is 1.30. The Labute approximate surface area is 68.5 Å². The number of rotatable bonds is 1. The Bertz CT molecular complexity index is 160. The van der Waals surface area contributed by atoms with Crippen LogP contribution in [-0.2, 0) is 4.74 Å². The number of nitrogens with zero attached hydrogens (tertiary/aromatic N) is 1. The summed E-state index contributed by atoms with van der Waals surface area (Å²) in [6.07, 6.45) is 1.82. The highest BCUT2D eigenvalue weighted by atomic mass is 16.5. The van der Waals surface area contributed by atoms with Gasteiger partial charge in [0.15, 0.2) is 0 Å². The lowest BCUT2D eigenvalue weighted by atomic mass is 9.84. The monoisotopic (exact) mass is 155 g/mol. The summed E-state index contributed by atoms with van der Waals surface area (Å²) in [6.45, 7) is 9.12. The van der Waals surface area contributed by atoms with Gasteiger partial charge in [0, 0.05) is 18.5 Å². The Morgan fingerprint density at radius 3 is 3.09 bits per heavy atom. The van der Waals surface area contributed by atoms with E-state index in [4.69, 9.17) is 4.74 Å². The average Bonchev–Trinajstić information content (AvgIpc) is 2.25. The number of ether oxygens (including phenoxy) is 1. The van der Waals surface area contributed by atoms with Crippen LogP contribution in [0.15, 0.2) is 0 Å². The summed E-state index contributed by atoms with van der Waals surface area (Å²) in [5, 5.41) is 0. The molecule has 2 saturated heterocycles. The van der Waals surface area contributed by atoms with E-state index in [-0.39, 0.29) is 0 Å². The van der Waals surface area contributed by atoms with E-state index in [0.29, 0.717) is 11.5 Å². The van der Waals surface area contributed by atoms with Gasteiger partial charge in [-0.2, -0.15) is 0 Å². The fraction of sp³-hybridized carbons (Fsp3) is 1.00. The molecule has 2 heteroatoms. The number of hydrogen-bond donors (Lipinski definition) is 0. The van der Waals surface area contributed by atoms with E-state index in [2.05, 4.69) is 18.7 Å². The number of fused-ring (bicyclic) bond motifs is 2. The van der Waals surface area contributed by atoms with Gasteiger partial charge in [0.2, 0.25) is 0 Å². The van der Waals surface area contributed by atoms with Gasteiger partial charge in [-0.1, -0.05) is 13.8 Å². The molecule has 2 bridgehead atoms. The SMILES string of the molecule is CCN1CC2C[C@@](C)(CO2)C1. The molecule has 2 heterocycles. The Hall–Kier alpha value is -0.0800. The van der Waals surface area contributed by atoms with Crippen LogP contribution in [0.1, 0.15) is 20.3 Å². The van der Waals surface area contributed by atoms with E-state index in [1.807, 2.05) is 0 Å². The van der Waals surface area contributed by atoms with E-state index >= 15 is 0 Å². The predicted octanol–water partition coefficient (Wildman–Crippen LogP) is 1.12. The molecule has 2 aliphatic heterocycles. The number of likely N-dealkylation sites (tertiary alicyclic amines) is 1. The molecular weight excluding hydrogens is 138 g/mol. The molecule has 11 heavy (non-hydrogen) atoms. The zero-order valence-corrected chi connectivity index (χ0v) is 7.47. The molecule has 1 unspecified atom stereocenters. The zero-order chi connectivity index (χ0) is 7.90. The van der Waals surface area contributed by atoms with E-state index in [1.54, 1.807) is 0 Å². The van der Waals surface area contributed by atoms with Crippen LogP contribution in [0, 0.1) is 5.41 Å². The first-order valence-corrected chi connectivity index (χ1v) is 4.56. The minimum atomic E-state index is 0.471. The third-order valence-corrected chi connectivity index (χ3v) is 2.90. The molecule has 2 aliphatic rings. The average molecular weight is 155 g/mol. The van der Waals surface area contributed by atoms with Gasteiger partial charge in [-0.15, -0.1) is 0 Å². The van der Waals surface area contributed by atoms with Crippen LogP contribution in [0.3, 0.4) is 0 Å². The van der Waals surface area contributed by atoms with Gasteiger partial charge < -0.3 is 9.64 Å². The van der Waals surface area contributed by atoms with Crippen LogP contribution in [-0.4, -0.2) is 37.2 Å². The summed E-state index contributed by atoms with van der Waals surface area (Å²) in [6, 6.07) is 0. The van der Waals surface area contributed by atoms with Crippen molar-refractivity contribution in [1.29, 1.82) is 0 Å². The molecule has 64 valence electrons. The molecule has 0 aromatic carbocycles. The largest absolute Gasteiger partial charge is 0.376 e. The van der Waals surface area contributed by atoms with Crippen molar-refractivity contribution in [3.63, 3.8) is 0 Å². The third-order valence-electron chi connectivity index (χ3n) is 2.90. The van der Waals surface area contributed by atoms with E-state index in [0.717, 1.165) is 13.2 Å². The maximum absolute atomic E-state index is 5.67. The van der Waals surface area contributed by atoms with Crippen molar-refractivity contribution >= 4 is 0 Å². The molecule has 2 atom stereocenters. The lowest BCUT2D eigenvalue weighted by molar-refractivity contribution is 0.0847. The summed E-state index contributed by atoms with van der Waals surface area (Å²) in [7, 11) is 0. The molecule has 0 spiro atoms. The van der Waals surface area contributed by atoms with Crippen molar-refractivity contribution in [3.05, 3.63) is 0 Å². The van der Waals surface area contributed by atoms with Gasteiger partial charge in [-0.25, -0.2) is 0 Å². The van der Waals surface area contributed by atoms with Crippen molar-refractivity contribution in [2.24, 2.45) is 5.41 Å². The molecule has 0 amide bonds. The van der Waals surface area contributed by atoms with Crippen molar-refractivity contribution in [2.45, 2.75) is 26.4 Å². The van der Waals surface area contributed by atoms with Gasteiger partial charge in [-0.3, -0.25) is 0 Å². The van der Waals surface area contributed by atoms with Crippen LogP contribution in [0.2, 0.25) is 0 Å². The molecule has 0 saturated carbocycles. The van der Waals surface area contributed by atoms with Crippen molar-refractivity contribution in [2.75, 3.05) is 26.2 Å². The highest BCUT2D eigenvalue weighted by Gasteiger charge is 2.41. The second-order valence-corrected chi connectivity index (χ2v) is 4.28. The summed E-state index contributed by atoms with van der Waals surface area (Å²) in [5.74, 6) is 0. The van der Waals surface area contributed by atoms with Crippen LogP contribution in [0.5, 0.6) is 0 Å². The second kappa shape index (κ2) is 2.46. The summed E-state index contributed by atoms with van der Waals surface area (Å²) >= 11 is 0. The number of likely N-dealkylation sites (N-methyl/N-ethyl adjacent to an activating group) is 1. The Balaban J connectivity index is 2.06. The summed E-state index contributed by atoms with van der Waals surface area (Å²) < 4.78 is 5.67. The predicted molar refractivity (Wildman–Crippen MR) is 44.6 cm³/mol. The Kier molecular flexibility index (Phi) is 1.69. The number of hydrogen-bond acceptors (Lipinski definition) is 2. The fourth-order valence-electron chi connectivity index (χ4n) is 2.35. The molecule has 0 aromatic heterocycles. The van der Waals surface area contributed by atoms with E-state index < -0.39 is 0 Å². The Morgan fingerprint density at radius 1 is 1.64 bits per heavy atom. The van der Waals surface area contributed by atoms with Gasteiger partial charge in [0.1, 0.15) is 0 Å².